The van der Waals surface area contributed by atoms with Crippen molar-refractivity contribution >= 4 is 16.9 Å². The lowest BCUT2D eigenvalue weighted by molar-refractivity contribution is -0.858. The molecule has 4 nitrogen and oxygen atoms in total. The van der Waals surface area contributed by atoms with Crippen molar-refractivity contribution in [2.24, 2.45) is 0 Å². The standard InChI is InChI=1S/C15H20N2O2/c1-4-19-15(18)14-11-12-7-5-6-8-13(12)17(14)10-9-16(2)3/h5-8,11H,4,9-10H2,1-3H3/p+1. The highest BCUT2D eigenvalue weighted by atomic mass is 16.5. The molecule has 0 spiro atoms. The third-order valence-corrected chi connectivity index (χ3v) is 3.13. The molecular formula is C15H21N2O2+. The van der Waals surface area contributed by atoms with Gasteiger partial charge in [-0.05, 0) is 19.1 Å². The fourth-order valence-electron chi connectivity index (χ4n) is 2.16. The van der Waals surface area contributed by atoms with Gasteiger partial charge in [0.1, 0.15) is 5.69 Å². The van der Waals surface area contributed by atoms with Crippen LogP contribution in [-0.2, 0) is 11.3 Å². The minimum absolute atomic E-state index is 0.243. The van der Waals surface area contributed by atoms with E-state index in [2.05, 4.69) is 18.7 Å². The minimum Gasteiger partial charge on any atom is -0.461 e. The Hall–Kier alpha value is -1.81. The van der Waals surface area contributed by atoms with E-state index in [-0.39, 0.29) is 5.97 Å². The van der Waals surface area contributed by atoms with Crippen molar-refractivity contribution in [3.63, 3.8) is 0 Å². The number of para-hydroxylation sites is 1. The van der Waals surface area contributed by atoms with Crippen LogP contribution in [0.25, 0.3) is 10.9 Å². The molecule has 1 aromatic carbocycles. The molecule has 1 aromatic heterocycles. The summed E-state index contributed by atoms with van der Waals surface area (Å²) in [6.45, 7) is 4.00. The Bertz CT molecular complexity index is 573. The van der Waals surface area contributed by atoms with Gasteiger partial charge in [-0.1, -0.05) is 18.2 Å². The van der Waals surface area contributed by atoms with E-state index in [1.54, 1.807) is 0 Å². The van der Waals surface area contributed by atoms with E-state index in [1.807, 2.05) is 37.3 Å². The van der Waals surface area contributed by atoms with E-state index in [0.29, 0.717) is 12.3 Å². The monoisotopic (exact) mass is 261 g/mol. The number of hydrogen-bond acceptors (Lipinski definition) is 2. The molecule has 0 unspecified atom stereocenters. The number of benzene rings is 1. The molecule has 0 aliphatic carbocycles. The molecule has 0 aliphatic heterocycles. The summed E-state index contributed by atoms with van der Waals surface area (Å²) < 4.78 is 7.19. The Morgan fingerprint density at radius 1 is 1.32 bits per heavy atom. The lowest BCUT2D eigenvalue weighted by Gasteiger charge is -2.12. The van der Waals surface area contributed by atoms with E-state index < -0.39 is 0 Å². The Morgan fingerprint density at radius 2 is 2.05 bits per heavy atom. The average Bonchev–Trinajstić information content (AvgIpc) is 2.75. The molecule has 4 heteroatoms. The Balaban J connectivity index is 2.42. The maximum absolute atomic E-state index is 12.0. The molecule has 0 radical (unpaired) electrons. The van der Waals surface area contributed by atoms with Gasteiger partial charge in [0.25, 0.3) is 0 Å². The molecule has 2 aromatic rings. The molecule has 0 atom stereocenters. The van der Waals surface area contributed by atoms with Crippen LogP contribution in [0.1, 0.15) is 17.4 Å². The molecule has 1 N–H and O–H groups in total. The van der Waals surface area contributed by atoms with E-state index in [1.165, 1.54) is 4.90 Å². The number of quaternary nitrogens is 1. The normalized spacial score (nSPS) is 11.2. The van der Waals surface area contributed by atoms with Crippen molar-refractivity contribution in [2.45, 2.75) is 13.5 Å². The number of carbonyl (C=O) groups excluding carboxylic acids is 1. The van der Waals surface area contributed by atoms with Gasteiger partial charge < -0.3 is 14.2 Å². The van der Waals surface area contributed by atoms with Crippen molar-refractivity contribution in [1.82, 2.24) is 4.57 Å². The van der Waals surface area contributed by atoms with Crippen molar-refractivity contribution in [2.75, 3.05) is 27.2 Å². The van der Waals surface area contributed by atoms with E-state index in [9.17, 15) is 4.79 Å². The van der Waals surface area contributed by atoms with Gasteiger partial charge in [-0.15, -0.1) is 0 Å². The first-order valence-electron chi connectivity index (χ1n) is 6.68. The maximum Gasteiger partial charge on any atom is 0.354 e. The number of carbonyl (C=O) groups is 1. The van der Waals surface area contributed by atoms with Gasteiger partial charge in [-0.3, -0.25) is 0 Å². The second-order valence-electron chi connectivity index (χ2n) is 4.92. The van der Waals surface area contributed by atoms with Gasteiger partial charge in [0.2, 0.25) is 0 Å². The smallest absolute Gasteiger partial charge is 0.354 e. The Morgan fingerprint density at radius 3 is 2.74 bits per heavy atom. The number of nitrogens with zero attached hydrogens (tertiary/aromatic N) is 1. The third-order valence-electron chi connectivity index (χ3n) is 3.13. The first-order valence-corrected chi connectivity index (χ1v) is 6.68. The summed E-state index contributed by atoms with van der Waals surface area (Å²) >= 11 is 0. The fraction of sp³-hybridized carbons (Fsp3) is 0.400. The van der Waals surface area contributed by atoms with Crippen molar-refractivity contribution in [1.29, 1.82) is 0 Å². The van der Waals surface area contributed by atoms with Crippen LogP contribution in [0.3, 0.4) is 0 Å². The lowest BCUT2D eigenvalue weighted by atomic mass is 10.2. The Kier molecular flexibility index (Phi) is 4.22. The number of aromatic nitrogens is 1. The van der Waals surface area contributed by atoms with Crippen LogP contribution >= 0.6 is 0 Å². The zero-order chi connectivity index (χ0) is 13.8. The van der Waals surface area contributed by atoms with Crippen molar-refractivity contribution in [3.05, 3.63) is 36.0 Å². The number of nitrogens with one attached hydrogen (secondary N) is 1. The minimum atomic E-state index is -0.243. The number of likely N-dealkylation sites (N-methyl/N-ethyl adjacent to an activating group) is 1. The van der Waals surface area contributed by atoms with Crippen LogP contribution < -0.4 is 4.90 Å². The highest BCUT2D eigenvalue weighted by Gasteiger charge is 2.16. The van der Waals surface area contributed by atoms with Gasteiger partial charge >= 0.3 is 5.97 Å². The van der Waals surface area contributed by atoms with Gasteiger partial charge in [0, 0.05) is 10.9 Å². The summed E-state index contributed by atoms with van der Waals surface area (Å²) in [5, 5.41) is 1.08. The summed E-state index contributed by atoms with van der Waals surface area (Å²) in [7, 11) is 4.21. The van der Waals surface area contributed by atoms with Crippen LogP contribution in [0.2, 0.25) is 0 Å². The molecule has 19 heavy (non-hydrogen) atoms. The first kappa shape index (κ1) is 13.6. The van der Waals surface area contributed by atoms with Gasteiger partial charge in [-0.2, -0.15) is 0 Å². The molecule has 102 valence electrons. The third kappa shape index (κ3) is 2.96. The summed E-state index contributed by atoms with van der Waals surface area (Å²) in [6.07, 6.45) is 0. The number of ether oxygens (including phenoxy) is 1. The van der Waals surface area contributed by atoms with Crippen LogP contribution in [-0.4, -0.2) is 37.8 Å². The molecular weight excluding hydrogens is 240 g/mol. The molecule has 0 bridgehead atoms. The summed E-state index contributed by atoms with van der Waals surface area (Å²) in [5.74, 6) is -0.243. The quantitative estimate of drug-likeness (QED) is 0.814. The van der Waals surface area contributed by atoms with Gasteiger partial charge in [0.05, 0.1) is 33.8 Å². The molecule has 1 heterocycles. The molecule has 0 saturated carbocycles. The van der Waals surface area contributed by atoms with Crippen LogP contribution in [0.15, 0.2) is 30.3 Å². The summed E-state index contributed by atoms with van der Waals surface area (Å²) in [4.78, 5) is 13.4. The number of rotatable bonds is 5. The largest absolute Gasteiger partial charge is 0.461 e. The van der Waals surface area contributed by atoms with Crippen LogP contribution in [0, 0.1) is 0 Å². The SMILES string of the molecule is CCOC(=O)c1cc2ccccc2n1CC[NH+](C)C. The second-order valence-corrected chi connectivity index (χ2v) is 4.92. The first-order chi connectivity index (χ1) is 9.13. The highest BCUT2D eigenvalue weighted by molar-refractivity contribution is 5.95. The Labute approximate surface area is 113 Å². The zero-order valence-electron chi connectivity index (χ0n) is 11.8. The van der Waals surface area contributed by atoms with E-state index in [4.69, 9.17) is 4.74 Å². The van der Waals surface area contributed by atoms with E-state index in [0.717, 1.165) is 24.0 Å². The number of hydrogen-bond donors (Lipinski definition) is 1. The number of esters is 1. The van der Waals surface area contributed by atoms with E-state index >= 15 is 0 Å². The van der Waals surface area contributed by atoms with Gasteiger partial charge in [0.15, 0.2) is 0 Å². The maximum atomic E-state index is 12.0. The van der Waals surface area contributed by atoms with Crippen molar-refractivity contribution < 1.29 is 14.4 Å². The zero-order valence-corrected chi connectivity index (χ0v) is 11.8. The molecule has 0 saturated heterocycles. The molecule has 2 rings (SSSR count). The molecule has 0 fully saturated rings. The van der Waals surface area contributed by atoms with Crippen LogP contribution in [0.4, 0.5) is 0 Å². The summed E-state index contributed by atoms with van der Waals surface area (Å²) in [5.41, 5.74) is 1.73. The molecule has 0 aliphatic rings. The molecule has 0 amide bonds. The average molecular weight is 261 g/mol. The predicted octanol–water partition coefficient (Wildman–Crippen LogP) is 0.962. The fourth-order valence-corrected chi connectivity index (χ4v) is 2.16. The number of fused-ring (bicyclic) bond motifs is 1. The highest BCUT2D eigenvalue weighted by Crippen LogP contribution is 2.20. The van der Waals surface area contributed by atoms with Gasteiger partial charge in [-0.25, -0.2) is 4.79 Å². The topological polar surface area (TPSA) is 35.7 Å². The van der Waals surface area contributed by atoms with Crippen molar-refractivity contribution in [3.8, 4) is 0 Å². The predicted molar refractivity (Wildman–Crippen MR) is 75.6 cm³/mol. The second kappa shape index (κ2) is 5.89. The lowest BCUT2D eigenvalue weighted by Crippen LogP contribution is -3.06. The van der Waals surface area contributed by atoms with Crippen LogP contribution in [0.5, 0.6) is 0 Å². The summed E-state index contributed by atoms with van der Waals surface area (Å²) in [6, 6.07) is 9.97.